The fourth-order valence-electron chi connectivity index (χ4n) is 3.71. The van der Waals surface area contributed by atoms with Crippen LogP contribution in [0.3, 0.4) is 0 Å². The first-order valence-electron chi connectivity index (χ1n) is 8.82. The summed E-state index contributed by atoms with van der Waals surface area (Å²) < 4.78 is 0. The van der Waals surface area contributed by atoms with Gasteiger partial charge in [-0.3, -0.25) is 4.79 Å². The van der Waals surface area contributed by atoms with Gasteiger partial charge in [0.2, 0.25) is 0 Å². The van der Waals surface area contributed by atoms with E-state index < -0.39 is 0 Å². The zero-order chi connectivity index (χ0) is 17.5. The number of carbonyl (C=O) groups excluding carboxylic acids is 1. The molecule has 0 unspecified atom stereocenters. The minimum Gasteiger partial charge on any atom is -0.342 e. The third-order valence-corrected chi connectivity index (χ3v) is 5.07. The number of hydrogen-bond acceptors (Lipinski definition) is 4. The molecule has 7 heteroatoms. The van der Waals surface area contributed by atoms with Gasteiger partial charge < -0.3 is 9.88 Å². The average molecular weight is 346 g/mol. The maximum atomic E-state index is 13.0. The van der Waals surface area contributed by atoms with Gasteiger partial charge in [0.1, 0.15) is 16.9 Å². The Morgan fingerprint density at radius 2 is 1.96 bits per heavy atom. The summed E-state index contributed by atoms with van der Waals surface area (Å²) in [6, 6.07) is 13.5. The lowest BCUT2D eigenvalue weighted by molar-refractivity contribution is 0.0705. The van der Waals surface area contributed by atoms with Crippen LogP contribution < -0.4 is 0 Å². The van der Waals surface area contributed by atoms with E-state index in [0.717, 1.165) is 41.8 Å². The highest BCUT2D eigenvalue weighted by Gasteiger charge is 2.27. The molecule has 130 valence electrons. The minimum absolute atomic E-state index is 0.0377. The summed E-state index contributed by atoms with van der Waals surface area (Å²) in [7, 11) is 0. The van der Waals surface area contributed by atoms with E-state index in [1.807, 2.05) is 41.3 Å². The van der Waals surface area contributed by atoms with Gasteiger partial charge in [0.15, 0.2) is 0 Å². The van der Waals surface area contributed by atoms with Gasteiger partial charge in [-0.25, -0.2) is 4.98 Å². The topological polar surface area (TPSA) is 90.6 Å². The van der Waals surface area contributed by atoms with Crippen molar-refractivity contribution >= 4 is 28.0 Å². The number of nitrogens with one attached hydrogen (secondary N) is 2. The van der Waals surface area contributed by atoms with Crippen molar-refractivity contribution in [3.8, 4) is 0 Å². The van der Waals surface area contributed by atoms with Gasteiger partial charge in [0, 0.05) is 24.6 Å². The molecule has 1 fully saturated rings. The molecule has 26 heavy (non-hydrogen) atoms. The van der Waals surface area contributed by atoms with Crippen LogP contribution in [-0.4, -0.2) is 49.3 Å². The number of imidazole rings is 1. The molecule has 1 aliphatic heterocycles. The van der Waals surface area contributed by atoms with E-state index >= 15 is 0 Å². The van der Waals surface area contributed by atoms with Gasteiger partial charge in [0.25, 0.3) is 5.91 Å². The normalized spacial score (nSPS) is 17.8. The summed E-state index contributed by atoms with van der Waals surface area (Å²) in [4.78, 5) is 23.0. The molecule has 0 saturated carbocycles. The third kappa shape index (κ3) is 2.52. The Labute approximate surface area is 149 Å². The largest absolute Gasteiger partial charge is 0.342 e. The second kappa shape index (κ2) is 5.94. The van der Waals surface area contributed by atoms with E-state index in [1.165, 1.54) is 0 Å². The van der Waals surface area contributed by atoms with Crippen molar-refractivity contribution in [1.82, 2.24) is 30.3 Å². The van der Waals surface area contributed by atoms with Crippen LogP contribution in [0.4, 0.5) is 0 Å². The fraction of sp³-hybridized carbons (Fsp3) is 0.263. The van der Waals surface area contributed by atoms with E-state index in [4.69, 9.17) is 4.98 Å². The number of aromatic nitrogens is 5. The summed E-state index contributed by atoms with van der Waals surface area (Å²) in [5.74, 6) is 1.24. The zero-order valence-corrected chi connectivity index (χ0v) is 14.1. The monoisotopic (exact) mass is 346 g/mol. The molecule has 2 aromatic heterocycles. The molecule has 1 aliphatic rings. The number of benzene rings is 2. The molecule has 2 aromatic carbocycles. The van der Waals surface area contributed by atoms with Crippen LogP contribution in [0.25, 0.3) is 22.1 Å². The zero-order valence-electron chi connectivity index (χ0n) is 14.1. The number of rotatable bonds is 2. The van der Waals surface area contributed by atoms with Crippen molar-refractivity contribution in [3.63, 3.8) is 0 Å². The molecule has 0 bridgehead atoms. The molecule has 7 nitrogen and oxygen atoms in total. The van der Waals surface area contributed by atoms with Crippen molar-refractivity contribution in [3.05, 3.63) is 53.9 Å². The van der Waals surface area contributed by atoms with E-state index in [9.17, 15) is 4.79 Å². The molecular weight excluding hydrogens is 328 g/mol. The lowest BCUT2D eigenvalue weighted by Crippen LogP contribution is -2.39. The number of carbonyl (C=O) groups is 1. The van der Waals surface area contributed by atoms with Gasteiger partial charge in [-0.2, -0.15) is 15.4 Å². The van der Waals surface area contributed by atoms with E-state index in [1.54, 1.807) is 6.07 Å². The van der Waals surface area contributed by atoms with Crippen molar-refractivity contribution in [2.45, 2.75) is 18.8 Å². The first-order chi connectivity index (χ1) is 12.8. The highest BCUT2D eigenvalue weighted by molar-refractivity contribution is 5.97. The average Bonchev–Trinajstić information content (AvgIpc) is 3.33. The Kier molecular flexibility index (Phi) is 3.44. The van der Waals surface area contributed by atoms with Crippen LogP contribution in [0.2, 0.25) is 0 Å². The second-order valence-electron chi connectivity index (χ2n) is 6.76. The Morgan fingerprint density at radius 3 is 2.88 bits per heavy atom. The lowest BCUT2D eigenvalue weighted by Gasteiger charge is -2.32. The Hall–Kier alpha value is -3.22. The van der Waals surface area contributed by atoms with Gasteiger partial charge in [0.05, 0.1) is 11.0 Å². The van der Waals surface area contributed by atoms with Crippen molar-refractivity contribution in [2.75, 3.05) is 13.1 Å². The molecule has 1 atom stereocenters. The first-order valence-corrected chi connectivity index (χ1v) is 8.82. The first kappa shape index (κ1) is 15.1. The number of fused-ring (bicyclic) bond motifs is 2. The van der Waals surface area contributed by atoms with Crippen LogP contribution in [0.15, 0.2) is 42.5 Å². The molecule has 3 heterocycles. The summed E-state index contributed by atoms with van der Waals surface area (Å²) in [5, 5.41) is 10.7. The van der Waals surface area contributed by atoms with Gasteiger partial charge in [-0.15, -0.1) is 0 Å². The standard InChI is InChI=1S/C19H18N6O/c26-19(12-7-8-16-17(10-12)23-24-22-16)25-9-3-4-13(11-25)18-20-14-5-1-2-6-15(14)21-18/h1-2,5-8,10,13H,3-4,9,11H2,(H,20,21)(H,22,23,24)/t13-/m1/s1. The number of para-hydroxylation sites is 2. The molecule has 0 radical (unpaired) electrons. The van der Waals surface area contributed by atoms with Gasteiger partial charge in [-0.05, 0) is 43.2 Å². The number of aromatic amines is 2. The van der Waals surface area contributed by atoms with Crippen LogP contribution in [0.1, 0.15) is 34.9 Å². The second-order valence-corrected chi connectivity index (χ2v) is 6.76. The highest BCUT2D eigenvalue weighted by atomic mass is 16.2. The summed E-state index contributed by atoms with van der Waals surface area (Å²) in [6.07, 6.45) is 2.01. The van der Waals surface area contributed by atoms with Crippen LogP contribution in [0, 0.1) is 0 Å². The third-order valence-electron chi connectivity index (χ3n) is 5.07. The van der Waals surface area contributed by atoms with Crippen molar-refractivity contribution in [2.24, 2.45) is 0 Å². The van der Waals surface area contributed by atoms with E-state index in [0.29, 0.717) is 17.6 Å². The SMILES string of the molecule is O=C(c1ccc2n[nH]nc2c1)N1CCC[C@@H](c2nc3ccccc3[nH]2)C1. The molecular formula is C19H18N6O. The van der Waals surface area contributed by atoms with Crippen LogP contribution >= 0.6 is 0 Å². The van der Waals surface area contributed by atoms with Gasteiger partial charge >= 0.3 is 0 Å². The number of likely N-dealkylation sites (tertiary alicyclic amines) is 1. The van der Waals surface area contributed by atoms with Crippen LogP contribution in [0.5, 0.6) is 0 Å². The molecule has 1 saturated heterocycles. The quantitative estimate of drug-likeness (QED) is 0.584. The maximum Gasteiger partial charge on any atom is 0.253 e. The molecule has 2 N–H and O–H groups in total. The number of H-pyrrole nitrogens is 2. The Morgan fingerprint density at radius 1 is 1.08 bits per heavy atom. The number of hydrogen-bond donors (Lipinski definition) is 2. The molecule has 5 rings (SSSR count). The smallest absolute Gasteiger partial charge is 0.253 e. The van der Waals surface area contributed by atoms with Gasteiger partial charge in [-0.1, -0.05) is 12.1 Å². The predicted molar refractivity (Wildman–Crippen MR) is 97.9 cm³/mol. The van der Waals surface area contributed by atoms with Crippen molar-refractivity contribution < 1.29 is 4.79 Å². The molecule has 1 amide bonds. The minimum atomic E-state index is 0.0377. The summed E-state index contributed by atoms with van der Waals surface area (Å²) in [6.45, 7) is 1.45. The number of nitrogens with zero attached hydrogens (tertiary/aromatic N) is 4. The predicted octanol–water partition coefficient (Wildman–Crippen LogP) is 2.85. The van der Waals surface area contributed by atoms with E-state index in [2.05, 4.69) is 20.4 Å². The lowest BCUT2D eigenvalue weighted by atomic mass is 9.96. The summed E-state index contributed by atoms with van der Waals surface area (Å²) in [5.41, 5.74) is 4.14. The van der Waals surface area contributed by atoms with E-state index in [-0.39, 0.29) is 11.8 Å². The maximum absolute atomic E-state index is 13.0. The fourth-order valence-corrected chi connectivity index (χ4v) is 3.71. The number of piperidine rings is 1. The summed E-state index contributed by atoms with van der Waals surface area (Å²) >= 11 is 0. The molecule has 4 aromatic rings. The highest BCUT2D eigenvalue weighted by Crippen LogP contribution is 2.27. The molecule has 0 spiro atoms. The van der Waals surface area contributed by atoms with Crippen LogP contribution in [-0.2, 0) is 0 Å². The Bertz CT molecular complexity index is 1060. The Balaban J connectivity index is 1.40. The molecule has 0 aliphatic carbocycles. The number of amides is 1. The van der Waals surface area contributed by atoms with Crippen molar-refractivity contribution in [1.29, 1.82) is 0 Å².